The summed E-state index contributed by atoms with van der Waals surface area (Å²) in [7, 11) is 0. The third-order valence-electron chi connectivity index (χ3n) is 2.37. The largest absolute Gasteiger partial charge is 0.478 e. The molecule has 0 radical (unpaired) electrons. The predicted octanol–water partition coefficient (Wildman–Crippen LogP) is 2.53. The van der Waals surface area contributed by atoms with Gasteiger partial charge in [0, 0.05) is 9.49 Å². The van der Waals surface area contributed by atoms with Gasteiger partial charge in [-0.05, 0) is 59.7 Å². The number of aliphatic carboxylic acids is 1. The first-order chi connectivity index (χ1) is 7.16. The normalized spacial score (nSPS) is 17.1. The van der Waals surface area contributed by atoms with Crippen molar-refractivity contribution in [3.8, 4) is 5.75 Å². The van der Waals surface area contributed by atoms with Crippen molar-refractivity contribution < 1.29 is 14.6 Å². The van der Waals surface area contributed by atoms with E-state index < -0.39 is 12.1 Å². The Hall–Kier alpha value is -0.780. The van der Waals surface area contributed by atoms with Crippen LogP contribution >= 0.6 is 22.6 Å². The van der Waals surface area contributed by atoms with Crippen LogP contribution in [0.3, 0.4) is 0 Å². The van der Waals surface area contributed by atoms with E-state index >= 15 is 0 Å². The molecule has 1 N–H and O–H groups in total. The fourth-order valence-corrected chi connectivity index (χ4v) is 1.77. The third kappa shape index (κ3) is 2.84. The first-order valence-corrected chi connectivity index (χ1v) is 5.90. The molecule has 0 heterocycles. The van der Waals surface area contributed by atoms with Crippen molar-refractivity contribution in [1.29, 1.82) is 0 Å². The Morgan fingerprint density at radius 2 is 2.00 bits per heavy atom. The van der Waals surface area contributed by atoms with E-state index in [-0.39, 0.29) is 5.92 Å². The fraction of sp³-hybridized carbons (Fsp3) is 0.364. The van der Waals surface area contributed by atoms with E-state index in [1.807, 2.05) is 12.1 Å². The SMILES string of the molecule is O=C(O)C(Oc1ccc(I)cc1)C1CC1. The van der Waals surface area contributed by atoms with Gasteiger partial charge in [0.25, 0.3) is 0 Å². The van der Waals surface area contributed by atoms with E-state index in [0.717, 1.165) is 16.4 Å². The molecule has 1 fully saturated rings. The molecule has 0 aliphatic heterocycles. The van der Waals surface area contributed by atoms with Gasteiger partial charge in [0.2, 0.25) is 0 Å². The molecule has 1 unspecified atom stereocenters. The van der Waals surface area contributed by atoms with Gasteiger partial charge in [-0.3, -0.25) is 0 Å². The van der Waals surface area contributed by atoms with Crippen molar-refractivity contribution in [2.45, 2.75) is 18.9 Å². The minimum absolute atomic E-state index is 0.196. The molecule has 1 aliphatic carbocycles. The number of hydrogen-bond acceptors (Lipinski definition) is 2. The monoisotopic (exact) mass is 318 g/mol. The lowest BCUT2D eigenvalue weighted by Gasteiger charge is -2.14. The second kappa shape index (κ2) is 4.38. The molecule has 0 bridgehead atoms. The molecule has 0 amide bonds. The van der Waals surface area contributed by atoms with Crippen LogP contribution in [0.25, 0.3) is 0 Å². The molecule has 80 valence electrons. The first kappa shape index (κ1) is 10.7. The van der Waals surface area contributed by atoms with Crippen LogP contribution in [0.15, 0.2) is 24.3 Å². The Morgan fingerprint density at radius 1 is 1.40 bits per heavy atom. The van der Waals surface area contributed by atoms with Crippen LogP contribution in [-0.2, 0) is 4.79 Å². The van der Waals surface area contributed by atoms with E-state index in [9.17, 15) is 4.79 Å². The van der Waals surface area contributed by atoms with Crippen LogP contribution in [0.1, 0.15) is 12.8 Å². The number of carboxylic acid groups (broad SMARTS) is 1. The van der Waals surface area contributed by atoms with Crippen molar-refractivity contribution >= 4 is 28.6 Å². The molecule has 4 heteroatoms. The Morgan fingerprint density at radius 3 is 2.47 bits per heavy atom. The van der Waals surface area contributed by atoms with E-state index in [1.54, 1.807) is 12.1 Å². The molecule has 15 heavy (non-hydrogen) atoms. The number of hydrogen-bond donors (Lipinski definition) is 1. The van der Waals surface area contributed by atoms with E-state index in [4.69, 9.17) is 9.84 Å². The summed E-state index contributed by atoms with van der Waals surface area (Å²) in [5.41, 5.74) is 0. The lowest BCUT2D eigenvalue weighted by atomic mass is 10.2. The van der Waals surface area contributed by atoms with Crippen molar-refractivity contribution in [3.05, 3.63) is 27.8 Å². The molecule has 3 nitrogen and oxygen atoms in total. The summed E-state index contributed by atoms with van der Waals surface area (Å²) in [6.45, 7) is 0. The number of carboxylic acids is 1. The lowest BCUT2D eigenvalue weighted by Crippen LogP contribution is -2.29. The quantitative estimate of drug-likeness (QED) is 0.868. The van der Waals surface area contributed by atoms with Gasteiger partial charge >= 0.3 is 5.97 Å². The highest BCUT2D eigenvalue weighted by atomic mass is 127. The number of rotatable bonds is 4. The fourth-order valence-electron chi connectivity index (χ4n) is 1.41. The van der Waals surface area contributed by atoms with Gasteiger partial charge in [-0.25, -0.2) is 4.79 Å². The number of benzene rings is 1. The zero-order valence-electron chi connectivity index (χ0n) is 8.02. The van der Waals surface area contributed by atoms with Crippen molar-refractivity contribution in [2.24, 2.45) is 5.92 Å². The highest BCUT2D eigenvalue weighted by Gasteiger charge is 2.38. The average Bonchev–Trinajstić information content (AvgIpc) is 3.00. The van der Waals surface area contributed by atoms with Crippen LogP contribution in [0.5, 0.6) is 5.75 Å². The third-order valence-corrected chi connectivity index (χ3v) is 3.09. The summed E-state index contributed by atoms with van der Waals surface area (Å²) >= 11 is 2.20. The van der Waals surface area contributed by atoms with Gasteiger partial charge < -0.3 is 9.84 Å². The summed E-state index contributed by atoms with van der Waals surface area (Å²) in [6, 6.07) is 7.42. The second-order valence-corrected chi connectivity index (χ2v) is 4.91. The molecule has 0 saturated heterocycles. The average molecular weight is 318 g/mol. The van der Waals surface area contributed by atoms with Crippen molar-refractivity contribution in [2.75, 3.05) is 0 Å². The number of ether oxygens (including phenoxy) is 1. The van der Waals surface area contributed by atoms with Crippen LogP contribution < -0.4 is 4.74 Å². The van der Waals surface area contributed by atoms with Gasteiger partial charge in [0.1, 0.15) is 5.75 Å². The summed E-state index contributed by atoms with van der Waals surface area (Å²) in [6.07, 6.45) is 1.24. The van der Waals surface area contributed by atoms with Crippen LogP contribution in [-0.4, -0.2) is 17.2 Å². The zero-order chi connectivity index (χ0) is 10.8. The number of halogens is 1. The maximum Gasteiger partial charge on any atom is 0.345 e. The van der Waals surface area contributed by atoms with E-state index in [1.165, 1.54) is 0 Å². The molecule has 0 spiro atoms. The maximum atomic E-state index is 10.9. The molecule has 1 aromatic rings. The Bertz CT molecular complexity index is 357. The lowest BCUT2D eigenvalue weighted by molar-refractivity contribution is -0.146. The van der Waals surface area contributed by atoms with Crippen LogP contribution in [0, 0.1) is 9.49 Å². The van der Waals surface area contributed by atoms with Gasteiger partial charge in [-0.2, -0.15) is 0 Å². The molecule has 1 aliphatic rings. The van der Waals surface area contributed by atoms with Crippen molar-refractivity contribution in [3.63, 3.8) is 0 Å². The summed E-state index contributed by atoms with van der Waals surface area (Å²) in [5.74, 6) is -0.0347. The van der Waals surface area contributed by atoms with Crippen molar-refractivity contribution in [1.82, 2.24) is 0 Å². The molecule has 1 atom stereocenters. The minimum atomic E-state index is -0.865. The van der Waals surface area contributed by atoms with Gasteiger partial charge in [-0.15, -0.1) is 0 Å². The molecular formula is C11H11IO3. The first-order valence-electron chi connectivity index (χ1n) is 4.82. The summed E-state index contributed by atoms with van der Waals surface area (Å²) in [4.78, 5) is 10.9. The Kier molecular flexibility index (Phi) is 3.14. The highest BCUT2D eigenvalue weighted by molar-refractivity contribution is 14.1. The zero-order valence-corrected chi connectivity index (χ0v) is 10.2. The molecule has 1 aromatic carbocycles. The van der Waals surface area contributed by atoms with Gasteiger partial charge in [0.15, 0.2) is 6.10 Å². The Labute approximate surface area is 102 Å². The van der Waals surface area contributed by atoms with Gasteiger partial charge in [0.05, 0.1) is 0 Å². The smallest absolute Gasteiger partial charge is 0.345 e. The summed E-state index contributed by atoms with van der Waals surface area (Å²) in [5, 5.41) is 8.97. The van der Waals surface area contributed by atoms with Crippen LogP contribution in [0.2, 0.25) is 0 Å². The number of carbonyl (C=O) groups is 1. The standard InChI is InChI=1S/C11H11IO3/c12-8-3-5-9(6-4-8)15-10(11(13)14)7-1-2-7/h3-7,10H,1-2H2,(H,13,14). The molecule has 1 saturated carbocycles. The minimum Gasteiger partial charge on any atom is -0.478 e. The maximum absolute atomic E-state index is 10.9. The topological polar surface area (TPSA) is 46.5 Å². The Balaban J connectivity index is 2.05. The summed E-state index contributed by atoms with van der Waals surface area (Å²) < 4.78 is 6.56. The van der Waals surface area contributed by atoms with E-state index in [2.05, 4.69) is 22.6 Å². The highest BCUT2D eigenvalue weighted by Crippen LogP contribution is 2.35. The van der Waals surface area contributed by atoms with Crippen LogP contribution in [0.4, 0.5) is 0 Å². The second-order valence-electron chi connectivity index (χ2n) is 3.67. The van der Waals surface area contributed by atoms with E-state index in [0.29, 0.717) is 5.75 Å². The molecule has 0 aromatic heterocycles. The van der Waals surface area contributed by atoms with Gasteiger partial charge in [-0.1, -0.05) is 0 Å². The molecule has 2 rings (SSSR count). The predicted molar refractivity (Wildman–Crippen MR) is 63.9 cm³/mol. The molecular weight excluding hydrogens is 307 g/mol.